The molecule has 0 saturated carbocycles. The first kappa shape index (κ1) is 16.2. The summed E-state index contributed by atoms with van der Waals surface area (Å²) in [6, 6.07) is 18.7. The number of carbonyl (C=O) groups excluding carboxylic acids is 2. The van der Waals surface area contributed by atoms with Crippen LogP contribution in [0.3, 0.4) is 0 Å². The summed E-state index contributed by atoms with van der Waals surface area (Å²) in [7, 11) is 0. The Morgan fingerprint density at radius 3 is 2.35 bits per heavy atom. The van der Waals surface area contributed by atoms with Crippen molar-refractivity contribution in [3.63, 3.8) is 0 Å². The standard InChI is InChI=1S/C22H16FNO2/c23-16-8-6-14(7-9-16)17-10-12-19(21-18(17)11-13-20(21)25)24-22(26)15-4-2-1-3-5-15/h1-10,12H,11,13H2,(H,24,26). The van der Waals surface area contributed by atoms with Crippen LogP contribution in [0.1, 0.15) is 32.7 Å². The topological polar surface area (TPSA) is 46.2 Å². The zero-order valence-corrected chi connectivity index (χ0v) is 14.0. The van der Waals surface area contributed by atoms with Gasteiger partial charge in [0.25, 0.3) is 5.91 Å². The summed E-state index contributed by atoms with van der Waals surface area (Å²) in [5, 5.41) is 2.86. The van der Waals surface area contributed by atoms with Crippen LogP contribution in [0.25, 0.3) is 11.1 Å². The van der Waals surface area contributed by atoms with Crippen molar-refractivity contribution in [2.24, 2.45) is 0 Å². The van der Waals surface area contributed by atoms with Gasteiger partial charge in [-0.05, 0) is 53.4 Å². The van der Waals surface area contributed by atoms with Crippen LogP contribution >= 0.6 is 0 Å². The predicted octanol–water partition coefficient (Wildman–Crippen LogP) is 4.87. The Balaban J connectivity index is 1.74. The van der Waals surface area contributed by atoms with E-state index in [0.717, 1.165) is 16.7 Å². The second-order valence-corrected chi connectivity index (χ2v) is 6.26. The number of hydrogen-bond acceptors (Lipinski definition) is 2. The number of benzene rings is 3. The maximum Gasteiger partial charge on any atom is 0.255 e. The Morgan fingerprint density at radius 1 is 0.885 bits per heavy atom. The molecule has 0 atom stereocenters. The zero-order valence-electron chi connectivity index (χ0n) is 14.0. The van der Waals surface area contributed by atoms with Crippen molar-refractivity contribution in [2.45, 2.75) is 12.8 Å². The fourth-order valence-electron chi connectivity index (χ4n) is 3.38. The molecule has 0 unspecified atom stereocenters. The minimum atomic E-state index is -0.298. The van der Waals surface area contributed by atoms with E-state index in [4.69, 9.17) is 0 Å². The average molecular weight is 345 g/mol. The van der Waals surface area contributed by atoms with Gasteiger partial charge in [-0.15, -0.1) is 0 Å². The maximum absolute atomic E-state index is 13.2. The maximum atomic E-state index is 13.2. The lowest BCUT2D eigenvalue weighted by Gasteiger charge is -2.14. The Kier molecular flexibility index (Phi) is 4.09. The minimum Gasteiger partial charge on any atom is -0.321 e. The third kappa shape index (κ3) is 2.90. The third-order valence-corrected chi connectivity index (χ3v) is 4.63. The van der Waals surface area contributed by atoms with Gasteiger partial charge < -0.3 is 5.32 Å². The summed E-state index contributed by atoms with van der Waals surface area (Å²) in [4.78, 5) is 24.9. The lowest BCUT2D eigenvalue weighted by Crippen LogP contribution is -2.14. The molecule has 0 bridgehead atoms. The van der Waals surface area contributed by atoms with Crippen molar-refractivity contribution in [2.75, 3.05) is 5.32 Å². The highest BCUT2D eigenvalue weighted by Crippen LogP contribution is 2.37. The molecule has 3 aromatic carbocycles. The summed E-state index contributed by atoms with van der Waals surface area (Å²) in [5.74, 6) is -0.525. The number of fused-ring (bicyclic) bond motifs is 1. The van der Waals surface area contributed by atoms with Crippen LogP contribution in [-0.4, -0.2) is 11.7 Å². The number of ketones is 1. The van der Waals surface area contributed by atoms with Crippen molar-refractivity contribution in [1.82, 2.24) is 0 Å². The van der Waals surface area contributed by atoms with Crippen LogP contribution in [-0.2, 0) is 6.42 Å². The molecule has 0 heterocycles. The van der Waals surface area contributed by atoms with Crippen molar-refractivity contribution in [3.8, 4) is 11.1 Å². The number of anilines is 1. The second-order valence-electron chi connectivity index (χ2n) is 6.26. The van der Waals surface area contributed by atoms with E-state index in [9.17, 15) is 14.0 Å². The Morgan fingerprint density at radius 2 is 1.62 bits per heavy atom. The summed E-state index contributed by atoms with van der Waals surface area (Å²) in [6.07, 6.45) is 1.04. The van der Waals surface area contributed by atoms with Gasteiger partial charge in [0.15, 0.2) is 5.78 Å². The van der Waals surface area contributed by atoms with E-state index >= 15 is 0 Å². The molecule has 0 aliphatic heterocycles. The molecule has 0 radical (unpaired) electrons. The molecule has 26 heavy (non-hydrogen) atoms. The van der Waals surface area contributed by atoms with Crippen LogP contribution < -0.4 is 5.32 Å². The van der Waals surface area contributed by atoms with Gasteiger partial charge >= 0.3 is 0 Å². The molecule has 1 N–H and O–H groups in total. The molecular formula is C22H16FNO2. The highest BCUT2D eigenvalue weighted by Gasteiger charge is 2.27. The predicted molar refractivity (Wildman–Crippen MR) is 98.9 cm³/mol. The number of amides is 1. The van der Waals surface area contributed by atoms with Gasteiger partial charge in [-0.3, -0.25) is 9.59 Å². The Hall–Kier alpha value is -3.27. The lowest BCUT2D eigenvalue weighted by molar-refractivity contribution is 0.0995. The molecule has 3 aromatic rings. The van der Waals surface area contributed by atoms with Crippen LogP contribution in [0.2, 0.25) is 0 Å². The number of carbonyl (C=O) groups is 2. The number of nitrogens with one attached hydrogen (secondary N) is 1. The van der Waals surface area contributed by atoms with Gasteiger partial charge in [-0.25, -0.2) is 4.39 Å². The van der Waals surface area contributed by atoms with Gasteiger partial charge in [0.1, 0.15) is 5.82 Å². The largest absolute Gasteiger partial charge is 0.321 e. The van der Waals surface area contributed by atoms with E-state index in [1.165, 1.54) is 12.1 Å². The van der Waals surface area contributed by atoms with E-state index in [0.29, 0.717) is 29.7 Å². The van der Waals surface area contributed by atoms with Gasteiger partial charge in [-0.2, -0.15) is 0 Å². The molecule has 0 aromatic heterocycles. The average Bonchev–Trinajstić information content (AvgIpc) is 3.06. The molecule has 0 fully saturated rings. The van der Waals surface area contributed by atoms with Crippen molar-refractivity contribution in [1.29, 1.82) is 0 Å². The highest BCUT2D eigenvalue weighted by atomic mass is 19.1. The molecule has 4 heteroatoms. The van der Waals surface area contributed by atoms with E-state index < -0.39 is 0 Å². The molecule has 3 nitrogen and oxygen atoms in total. The first-order chi connectivity index (χ1) is 12.6. The SMILES string of the molecule is O=C(Nc1ccc(-c2ccc(F)cc2)c2c1C(=O)CC2)c1ccccc1. The lowest BCUT2D eigenvalue weighted by atomic mass is 9.95. The minimum absolute atomic E-state index is 0.0207. The fraction of sp³-hybridized carbons (Fsp3) is 0.0909. The Labute approximate surface area is 150 Å². The van der Waals surface area contributed by atoms with Gasteiger partial charge in [0.2, 0.25) is 0 Å². The first-order valence-electron chi connectivity index (χ1n) is 8.45. The van der Waals surface area contributed by atoms with E-state index in [1.807, 2.05) is 12.1 Å². The van der Waals surface area contributed by atoms with Crippen LogP contribution in [0.15, 0.2) is 66.7 Å². The molecule has 4 rings (SSSR count). The second kappa shape index (κ2) is 6.56. The summed E-state index contributed by atoms with van der Waals surface area (Å²) in [5.41, 5.74) is 4.31. The van der Waals surface area contributed by atoms with Crippen LogP contribution in [0.5, 0.6) is 0 Å². The number of halogens is 1. The fourth-order valence-corrected chi connectivity index (χ4v) is 3.38. The van der Waals surface area contributed by atoms with Crippen molar-refractivity contribution < 1.29 is 14.0 Å². The Bertz CT molecular complexity index is 995. The molecule has 128 valence electrons. The number of rotatable bonds is 3. The third-order valence-electron chi connectivity index (χ3n) is 4.63. The van der Waals surface area contributed by atoms with Crippen molar-refractivity contribution in [3.05, 3.63) is 89.2 Å². The number of hydrogen-bond donors (Lipinski definition) is 1. The van der Waals surface area contributed by atoms with E-state index in [2.05, 4.69) is 5.32 Å². The van der Waals surface area contributed by atoms with Gasteiger partial charge in [-0.1, -0.05) is 36.4 Å². The molecule has 0 saturated heterocycles. The van der Waals surface area contributed by atoms with Crippen LogP contribution in [0, 0.1) is 5.82 Å². The molecular weight excluding hydrogens is 329 g/mol. The smallest absolute Gasteiger partial charge is 0.255 e. The summed E-state index contributed by atoms with van der Waals surface area (Å²) < 4.78 is 13.2. The normalized spacial score (nSPS) is 12.7. The first-order valence-corrected chi connectivity index (χ1v) is 8.45. The van der Waals surface area contributed by atoms with Crippen LogP contribution in [0.4, 0.5) is 10.1 Å². The van der Waals surface area contributed by atoms with E-state index in [1.54, 1.807) is 42.5 Å². The molecule has 0 spiro atoms. The number of Topliss-reactive ketones (excluding diaryl/α,β-unsaturated/α-hetero) is 1. The summed E-state index contributed by atoms with van der Waals surface area (Å²) in [6.45, 7) is 0. The molecule has 1 amide bonds. The summed E-state index contributed by atoms with van der Waals surface area (Å²) >= 11 is 0. The van der Waals surface area contributed by atoms with E-state index in [-0.39, 0.29) is 17.5 Å². The van der Waals surface area contributed by atoms with Gasteiger partial charge in [0, 0.05) is 17.5 Å². The highest BCUT2D eigenvalue weighted by molar-refractivity contribution is 6.12. The zero-order chi connectivity index (χ0) is 18.1. The van der Waals surface area contributed by atoms with Crippen molar-refractivity contribution >= 4 is 17.4 Å². The monoisotopic (exact) mass is 345 g/mol. The van der Waals surface area contributed by atoms with Gasteiger partial charge in [0.05, 0.1) is 5.69 Å². The molecule has 1 aliphatic rings. The molecule has 1 aliphatic carbocycles. The quantitative estimate of drug-likeness (QED) is 0.736.